The number of nitrogens with two attached hydrogens (primary N) is 1. The molecule has 0 aliphatic carbocycles. The van der Waals surface area contributed by atoms with Crippen molar-refractivity contribution in [2.45, 2.75) is 25.6 Å². The first-order chi connectivity index (χ1) is 10.6. The molecule has 1 amide bonds. The predicted octanol–water partition coefficient (Wildman–Crippen LogP) is 2.52. The molecule has 6 heteroatoms. The highest BCUT2D eigenvalue weighted by atomic mass is 32.2. The third kappa shape index (κ3) is 2.09. The molecule has 1 atom stereocenters. The van der Waals surface area contributed by atoms with E-state index in [2.05, 4.69) is 0 Å². The van der Waals surface area contributed by atoms with Crippen LogP contribution in [0.15, 0.2) is 18.2 Å². The number of thioether (sulfide) groups is 1. The maximum atomic E-state index is 12.4. The largest absolute Gasteiger partial charge is 0.493 e. The number of Topliss-reactive ketones (excluding diaryl/α,β-unsaturated/α-hetero) is 1. The molecule has 116 valence electrons. The molecule has 0 spiro atoms. The molecule has 1 unspecified atom stereocenters. The van der Waals surface area contributed by atoms with Crippen LogP contribution in [0, 0.1) is 0 Å². The van der Waals surface area contributed by atoms with Crippen LogP contribution in [0.1, 0.15) is 35.1 Å². The number of fused-ring (bicyclic) bond motifs is 3. The third-order valence-corrected chi connectivity index (χ3v) is 5.10. The van der Waals surface area contributed by atoms with Crippen LogP contribution in [0.5, 0.6) is 5.75 Å². The van der Waals surface area contributed by atoms with E-state index < -0.39 is 11.2 Å². The van der Waals surface area contributed by atoms with E-state index in [9.17, 15) is 9.59 Å². The summed E-state index contributed by atoms with van der Waals surface area (Å²) in [6, 6.07) is 5.73. The average Bonchev–Trinajstić information content (AvgIpc) is 2.84. The Morgan fingerprint density at radius 1 is 1.45 bits per heavy atom. The van der Waals surface area contributed by atoms with Gasteiger partial charge in [-0.2, -0.15) is 0 Å². The van der Waals surface area contributed by atoms with Gasteiger partial charge in [0.2, 0.25) is 5.91 Å². The van der Waals surface area contributed by atoms with Gasteiger partial charge in [0.25, 0.3) is 0 Å². The summed E-state index contributed by atoms with van der Waals surface area (Å²) < 4.78 is 7.68. The van der Waals surface area contributed by atoms with Crippen molar-refractivity contribution in [1.82, 2.24) is 4.57 Å². The number of ether oxygens (including phenoxy) is 1. The summed E-state index contributed by atoms with van der Waals surface area (Å²) in [7, 11) is 0. The molecule has 1 aromatic heterocycles. The van der Waals surface area contributed by atoms with Crippen molar-refractivity contribution in [2.75, 3.05) is 12.4 Å². The monoisotopic (exact) mass is 318 g/mol. The zero-order chi connectivity index (χ0) is 15.9. The lowest BCUT2D eigenvalue weighted by atomic mass is 10.0. The highest BCUT2D eigenvalue weighted by Crippen LogP contribution is 2.45. The van der Waals surface area contributed by atoms with E-state index in [0.717, 1.165) is 16.5 Å². The van der Waals surface area contributed by atoms with Crippen LogP contribution in [-0.2, 0) is 11.3 Å². The lowest BCUT2D eigenvalue weighted by Crippen LogP contribution is -2.27. The molecule has 3 rings (SSSR count). The average molecular weight is 318 g/mol. The Bertz CT molecular complexity index is 766. The second kappa shape index (κ2) is 5.68. The lowest BCUT2D eigenvalue weighted by molar-refractivity contribution is -0.117. The van der Waals surface area contributed by atoms with E-state index in [1.54, 1.807) is 0 Å². The minimum Gasteiger partial charge on any atom is -0.493 e. The summed E-state index contributed by atoms with van der Waals surface area (Å²) >= 11 is 1.29. The van der Waals surface area contributed by atoms with Gasteiger partial charge in [-0.05, 0) is 26.0 Å². The molecular formula is C16H18N2O3S. The number of aromatic nitrogens is 1. The molecule has 0 radical (unpaired) electrons. The molecule has 0 saturated heterocycles. The molecule has 1 aromatic carbocycles. The van der Waals surface area contributed by atoms with Crippen molar-refractivity contribution < 1.29 is 14.3 Å². The number of amides is 1. The SMILES string of the molecule is CCOc1cccc2c1c1c(n2CC)C(=O)CSC1C(N)=O. The van der Waals surface area contributed by atoms with Crippen LogP contribution in [0.3, 0.4) is 0 Å². The fourth-order valence-electron chi connectivity index (χ4n) is 3.09. The van der Waals surface area contributed by atoms with E-state index in [1.165, 1.54) is 11.8 Å². The van der Waals surface area contributed by atoms with E-state index in [-0.39, 0.29) is 11.5 Å². The summed E-state index contributed by atoms with van der Waals surface area (Å²) in [5.74, 6) is 0.601. The quantitative estimate of drug-likeness (QED) is 0.940. The second-order valence-corrected chi connectivity index (χ2v) is 6.20. The topological polar surface area (TPSA) is 74.3 Å². The van der Waals surface area contributed by atoms with Gasteiger partial charge in [-0.1, -0.05) is 6.07 Å². The zero-order valence-electron chi connectivity index (χ0n) is 12.6. The number of ketones is 1. The van der Waals surface area contributed by atoms with Crippen molar-refractivity contribution in [3.63, 3.8) is 0 Å². The van der Waals surface area contributed by atoms with Gasteiger partial charge < -0.3 is 15.0 Å². The maximum Gasteiger partial charge on any atom is 0.235 e. The normalized spacial score (nSPS) is 17.5. The number of hydrogen-bond donors (Lipinski definition) is 1. The summed E-state index contributed by atoms with van der Waals surface area (Å²) in [5.41, 5.74) is 7.81. The Morgan fingerprint density at radius 2 is 2.23 bits per heavy atom. The van der Waals surface area contributed by atoms with Crippen molar-refractivity contribution in [1.29, 1.82) is 0 Å². The van der Waals surface area contributed by atoms with Gasteiger partial charge in [-0.15, -0.1) is 11.8 Å². The second-order valence-electron chi connectivity index (χ2n) is 5.11. The molecule has 0 bridgehead atoms. The number of hydrogen-bond acceptors (Lipinski definition) is 4. The van der Waals surface area contributed by atoms with Gasteiger partial charge in [-0.3, -0.25) is 9.59 Å². The standard InChI is InChI=1S/C16H18N2O3S/c1-3-18-9-6-5-7-11(21-4-2)12(9)13-14(18)10(19)8-22-15(13)16(17)20/h5-7,15H,3-4,8H2,1-2H3,(H2,17,20). The Kier molecular flexibility index (Phi) is 3.87. The number of carbonyl (C=O) groups excluding carboxylic acids is 2. The van der Waals surface area contributed by atoms with E-state index in [0.29, 0.717) is 24.6 Å². The number of aryl methyl sites for hydroxylation is 1. The smallest absolute Gasteiger partial charge is 0.235 e. The lowest BCUT2D eigenvalue weighted by Gasteiger charge is -2.20. The van der Waals surface area contributed by atoms with Crippen molar-refractivity contribution in [3.05, 3.63) is 29.5 Å². The molecule has 5 nitrogen and oxygen atoms in total. The third-order valence-electron chi connectivity index (χ3n) is 3.87. The van der Waals surface area contributed by atoms with Crippen LogP contribution in [0.2, 0.25) is 0 Å². The van der Waals surface area contributed by atoms with Crippen LogP contribution in [0.4, 0.5) is 0 Å². The van der Waals surface area contributed by atoms with Crippen molar-refractivity contribution in [3.8, 4) is 5.75 Å². The van der Waals surface area contributed by atoms with Crippen LogP contribution in [-0.4, -0.2) is 28.6 Å². The molecule has 2 heterocycles. The van der Waals surface area contributed by atoms with E-state index in [1.807, 2.05) is 36.6 Å². The number of benzene rings is 1. The predicted molar refractivity (Wildman–Crippen MR) is 87.5 cm³/mol. The Morgan fingerprint density at radius 3 is 2.86 bits per heavy atom. The number of primary amides is 1. The maximum absolute atomic E-state index is 12.4. The Balaban J connectivity index is 2.42. The fraction of sp³-hybridized carbons (Fsp3) is 0.375. The minimum absolute atomic E-state index is 0.0398. The molecule has 1 aliphatic rings. The molecule has 2 aromatic rings. The number of nitrogens with zero attached hydrogens (tertiary/aromatic N) is 1. The zero-order valence-corrected chi connectivity index (χ0v) is 13.4. The van der Waals surface area contributed by atoms with Crippen LogP contribution >= 0.6 is 11.8 Å². The summed E-state index contributed by atoms with van der Waals surface area (Å²) in [4.78, 5) is 24.3. The highest BCUT2D eigenvalue weighted by Gasteiger charge is 2.36. The summed E-state index contributed by atoms with van der Waals surface area (Å²) in [6.07, 6.45) is 0. The first-order valence-corrected chi connectivity index (χ1v) is 8.37. The number of rotatable bonds is 4. The molecule has 22 heavy (non-hydrogen) atoms. The molecule has 0 fully saturated rings. The summed E-state index contributed by atoms with van der Waals surface area (Å²) in [6.45, 7) is 5.08. The fourth-order valence-corrected chi connectivity index (χ4v) is 4.11. The van der Waals surface area contributed by atoms with Crippen LogP contribution in [0.25, 0.3) is 10.9 Å². The van der Waals surface area contributed by atoms with E-state index >= 15 is 0 Å². The van der Waals surface area contributed by atoms with Crippen molar-refractivity contribution in [2.24, 2.45) is 5.73 Å². The van der Waals surface area contributed by atoms with Crippen LogP contribution < -0.4 is 10.5 Å². The molecule has 2 N–H and O–H groups in total. The minimum atomic E-state index is -0.510. The van der Waals surface area contributed by atoms with Gasteiger partial charge in [0, 0.05) is 17.5 Å². The summed E-state index contributed by atoms with van der Waals surface area (Å²) in [5, 5.41) is 0.329. The Hall–Kier alpha value is -1.95. The highest BCUT2D eigenvalue weighted by molar-refractivity contribution is 8.01. The Labute approximate surface area is 132 Å². The van der Waals surface area contributed by atoms with Crippen molar-refractivity contribution >= 4 is 34.4 Å². The van der Waals surface area contributed by atoms with E-state index in [4.69, 9.17) is 10.5 Å². The molecular weight excluding hydrogens is 300 g/mol. The number of carbonyl (C=O) groups is 2. The first kappa shape index (κ1) is 15.0. The molecule has 1 aliphatic heterocycles. The van der Waals surface area contributed by atoms with Gasteiger partial charge in [0.15, 0.2) is 5.78 Å². The van der Waals surface area contributed by atoms with Gasteiger partial charge in [0.05, 0.1) is 23.6 Å². The molecule has 0 saturated carbocycles. The van der Waals surface area contributed by atoms with Gasteiger partial charge >= 0.3 is 0 Å². The van der Waals surface area contributed by atoms with Gasteiger partial charge in [-0.25, -0.2) is 0 Å². The first-order valence-electron chi connectivity index (χ1n) is 7.32. The van der Waals surface area contributed by atoms with Gasteiger partial charge in [0.1, 0.15) is 11.0 Å².